The zero-order valence-electron chi connectivity index (χ0n) is 19.7. The van der Waals surface area contributed by atoms with Gasteiger partial charge >= 0.3 is 5.97 Å². The molecule has 1 spiro atoms. The van der Waals surface area contributed by atoms with Crippen molar-refractivity contribution >= 4 is 21.9 Å². The lowest BCUT2D eigenvalue weighted by Gasteiger charge is -2.30. The molecule has 0 bridgehead atoms. The number of aryl methyl sites for hydroxylation is 1. The number of methoxy groups -OCH3 is 2. The van der Waals surface area contributed by atoms with E-state index in [0.29, 0.717) is 6.61 Å². The molecule has 1 saturated carbocycles. The van der Waals surface area contributed by atoms with Crippen LogP contribution in [0.1, 0.15) is 68.4 Å². The first kappa shape index (κ1) is 23.3. The van der Waals surface area contributed by atoms with Gasteiger partial charge < -0.3 is 14.2 Å². The van der Waals surface area contributed by atoms with Crippen LogP contribution in [0.15, 0.2) is 40.9 Å². The Hall–Kier alpha value is -1.85. The summed E-state index contributed by atoms with van der Waals surface area (Å²) in [4.78, 5) is 12.2. The van der Waals surface area contributed by atoms with Gasteiger partial charge in [0.15, 0.2) is 0 Å². The molecule has 172 valence electrons. The van der Waals surface area contributed by atoms with Crippen LogP contribution in [0, 0.1) is 11.3 Å². The van der Waals surface area contributed by atoms with E-state index in [9.17, 15) is 4.79 Å². The molecule has 1 fully saturated rings. The number of benzene rings is 2. The Labute approximate surface area is 199 Å². The Morgan fingerprint density at radius 2 is 1.97 bits per heavy atom. The van der Waals surface area contributed by atoms with Crippen molar-refractivity contribution in [2.24, 2.45) is 11.3 Å². The monoisotopic (exact) mass is 500 g/mol. The maximum absolute atomic E-state index is 12.2. The molecule has 1 unspecified atom stereocenters. The Morgan fingerprint density at radius 1 is 1.19 bits per heavy atom. The highest BCUT2D eigenvalue weighted by molar-refractivity contribution is 9.10. The van der Waals surface area contributed by atoms with Crippen molar-refractivity contribution in [3.8, 4) is 5.75 Å². The van der Waals surface area contributed by atoms with Crippen LogP contribution in [-0.2, 0) is 32.7 Å². The van der Waals surface area contributed by atoms with Crippen molar-refractivity contribution in [1.82, 2.24) is 0 Å². The number of rotatable bonds is 6. The summed E-state index contributed by atoms with van der Waals surface area (Å²) < 4.78 is 18.1. The topological polar surface area (TPSA) is 44.8 Å². The van der Waals surface area contributed by atoms with E-state index in [2.05, 4.69) is 73.1 Å². The molecule has 3 atom stereocenters. The van der Waals surface area contributed by atoms with Gasteiger partial charge in [0, 0.05) is 17.0 Å². The molecule has 2 aromatic rings. The zero-order valence-corrected chi connectivity index (χ0v) is 21.3. The third kappa shape index (κ3) is 4.34. The number of esters is 1. The molecule has 4 rings (SSSR count). The van der Waals surface area contributed by atoms with Crippen molar-refractivity contribution in [3.05, 3.63) is 63.1 Å². The molecule has 0 saturated heterocycles. The van der Waals surface area contributed by atoms with E-state index in [1.165, 1.54) is 18.2 Å². The van der Waals surface area contributed by atoms with Crippen molar-refractivity contribution in [2.45, 2.75) is 64.6 Å². The average Bonchev–Trinajstić information content (AvgIpc) is 3.48. The number of hydrogen-bond acceptors (Lipinski definition) is 4. The quantitative estimate of drug-likeness (QED) is 0.423. The van der Waals surface area contributed by atoms with Gasteiger partial charge in [0.25, 0.3) is 0 Å². The van der Waals surface area contributed by atoms with Gasteiger partial charge in [0.1, 0.15) is 12.4 Å². The molecule has 0 radical (unpaired) electrons. The largest absolute Gasteiger partial charge is 0.489 e. The Balaban J connectivity index is 1.54. The molecular weight excluding hydrogens is 468 g/mol. The molecule has 0 amide bonds. The SMILES string of the molecule is COC(=O)[C@H]1C[C@@]12CCCc1ccc(OCc3ccc(Br)c(C(OC)C(C)(C)C)c3)cc12. The summed E-state index contributed by atoms with van der Waals surface area (Å²) in [7, 11) is 3.24. The molecule has 5 heteroatoms. The minimum absolute atomic E-state index is 0.0146. The number of fused-ring (bicyclic) bond motifs is 2. The van der Waals surface area contributed by atoms with E-state index < -0.39 is 0 Å². The summed E-state index contributed by atoms with van der Waals surface area (Å²) in [5, 5.41) is 0. The second-order valence-electron chi connectivity index (χ2n) is 10.2. The fourth-order valence-electron chi connectivity index (χ4n) is 5.38. The van der Waals surface area contributed by atoms with Crippen LogP contribution in [-0.4, -0.2) is 20.2 Å². The Kier molecular flexibility index (Phi) is 6.43. The fraction of sp³-hybridized carbons (Fsp3) is 0.519. The second kappa shape index (κ2) is 8.83. The van der Waals surface area contributed by atoms with E-state index in [-0.39, 0.29) is 28.8 Å². The highest BCUT2D eigenvalue weighted by atomic mass is 79.9. The zero-order chi connectivity index (χ0) is 23.1. The van der Waals surface area contributed by atoms with Crippen molar-refractivity contribution in [2.75, 3.05) is 14.2 Å². The van der Waals surface area contributed by atoms with Gasteiger partial charge in [0.2, 0.25) is 0 Å². The molecule has 32 heavy (non-hydrogen) atoms. The first-order chi connectivity index (χ1) is 15.2. The van der Waals surface area contributed by atoms with Crippen LogP contribution in [0.4, 0.5) is 0 Å². The number of hydrogen-bond donors (Lipinski definition) is 0. The van der Waals surface area contributed by atoms with E-state index in [4.69, 9.17) is 14.2 Å². The third-order valence-electron chi connectivity index (χ3n) is 7.02. The molecule has 2 aliphatic carbocycles. The predicted octanol–water partition coefficient (Wildman–Crippen LogP) is 6.53. The molecule has 0 aromatic heterocycles. The van der Waals surface area contributed by atoms with Gasteiger partial charge in [-0.1, -0.05) is 48.8 Å². The van der Waals surface area contributed by atoms with Gasteiger partial charge in [-0.25, -0.2) is 0 Å². The third-order valence-corrected chi connectivity index (χ3v) is 7.74. The Morgan fingerprint density at radius 3 is 2.66 bits per heavy atom. The highest BCUT2D eigenvalue weighted by Crippen LogP contribution is 2.61. The fourth-order valence-corrected chi connectivity index (χ4v) is 5.84. The highest BCUT2D eigenvalue weighted by Gasteiger charge is 2.61. The lowest BCUT2D eigenvalue weighted by molar-refractivity contribution is -0.142. The van der Waals surface area contributed by atoms with E-state index in [0.717, 1.165) is 47.0 Å². The minimum atomic E-state index is -0.0851. The van der Waals surface area contributed by atoms with Gasteiger partial charge in [0.05, 0.1) is 19.1 Å². The maximum Gasteiger partial charge on any atom is 0.309 e. The van der Waals surface area contributed by atoms with Gasteiger partial charge in [-0.15, -0.1) is 0 Å². The summed E-state index contributed by atoms with van der Waals surface area (Å²) in [5.41, 5.74) is 4.77. The van der Waals surface area contributed by atoms with Gasteiger partial charge in [-0.3, -0.25) is 4.79 Å². The normalized spacial score (nSPS) is 22.9. The van der Waals surface area contributed by atoms with Gasteiger partial charge in [-0.05, 0) is 77.6 Å². The van der Waals surface area contributed by atoms with Crippen LogP contribution in [0.5, 0.6) is 5.75 Å². The summed E-state index contributed by atoms with van der Waals surface area (Å²) in [6, 6.07) is 12.7. The summed E-state index contributed by atoms with van der Waals surface area (Å²) >= 11 is 3.69. The van der Waals surface area contributed by atoms with Crippen LogP contribution in [0.25, 0.3) is 0 Å². The smallest absolute Gasteiger partial charge is 0.309 e. The lowest BCUT2D eigenvalue weighted by Crippen LogP contribution is -2.22. The standard InChI is InChI=1S/C27H33BrO4/c1-26(2,3)24(30-4)20-13-17(8-11-23(20)28)16-32-19-10-9-18-7-6-12-27(21(18)14-19)15-22(27)25(29)31-5/h8-11,13-14,22,24H,6-7,12,15-16H2,1-5H3/t22-,24?,27-/m1/s1. The molecule has 2 aliphatic rings. The number of carbonyl (C=O) groups is 1. The molecule has 0 N–H and O–H groups in total. The minimum Gasteiger partial charge on any atom is -0.489 e. The van der Waals surface area contributed by atoms with Crippen molar-refractivity contribution in [1.29, 1.82) is 0 Å². The molecule has 0 aliphatic heterocycles. The summed E-state index contributed by atoms with van der Waals surface area (Å²) in [6.07, 6.45) is 4.09. The number of carbonyl (C=O) groups excluding carboxylic acids is 1. The van der Waals surface area contributed by atoms with E-state index in [1.807, 2.05) is 0 Å². The van der Waals surface area contributed by atoms with Crippen LogP contribution < -0.4 is 4.74 Å². The molecular formula is C27H33BrO4. The molecule has 0 heterocycles. The Bertz CT molecular complexity index is 1010. The van der Waals surface area contributed by atoms with Crippen LogP contribution >= 0.6 is 15.9 Å². The lowest BCUT2D eigenvalue weighted by atomic mass is 9.78. The molecule has 2 aromatic carbocycles. The maximum atomic E-state index is 12.2. The average molecular weight is 501 g/mol. The number of halogens is 1. The summed E-state index contributed by atoms with van der Waals surface area (Å²) in [5.74, 6) is 0.751. The van der Waals surface area contributed by atoms with Crippen molar-refractivity contribution < 1.29 is 19.0 Å². The molecule has 4 nitrogen and oxygen atoms in total. The predicted molar refractivity (Wildman–Crippen MR) is 129 cm³/mol. The van der Waals surface area contributed by atoms with E-state index >= 15 is 0 Å². The van der Waals surface area contributed by atoms with Crippen LogP contribution in [0.3, 0.4) is 0 Å². The first-order valence-corrected chi connectivity index (χ1v) is 12.1. The second-order valence-corrected chi connectivity index (χ2v) is 11.1. The summed E-state index contributed by atoms with van der Waals surface area (Å²) in [6.45, 7) is 7.02. The van der Waals surface area contributed by atoms with Gasteiger partial charge in [-0.2, -0.15) is 0 Å². The number of ether oxygens (including phenoxy) is 3. The van der Waals surface area contributed by atoms with Crippen LogP contribution in [0.2, 0.25) is 0 Å². The van der Waals surface area contributed by atoms with Crippen molar-refractivity contribution in [3.63, 3.8) is 0 Å². The first-order valence-electron chi connectivity index (χ1n) is 11.3. The van der Waals surface area contributed by atoms with E-state index in [1.54, 1.807) is 7.11 Å².